The van der Waals surface area contributed by atoms with Crippen molar-refractivity contribution in [2.24, 2.45) is 0 Å². The highest BCUT2D eigenvalue weighted by atomic mass is 16.5. The van der Waals surface area contributed by atoms with Crippen LogP contribution in [0.15, 0.2) is 0 Å². The molecule has 0 aliphatic carbocycles. The third-order valence-electron chi connectivity index (χ3n) is 1.94. The van der Waals surface area contributed by atoms with Crippen molar-refractivity contribution >= 4 is 5.97 Å². The van der Waals surface area contributed by atoms with Gasteiger partial charge in [-0.1, -0.05) is 0 Å². The number of aliphatic carboxylic acids is 1. The van der Waals surface area contributed by atoms with E-state index < -0.39 is 12.1 Å². The number of carbonyl (C=O) groups is 1. The Labute approximate surface area is 87.9 Å². The molecule has 6 nitrogen and oxygen atoms in total. The van der Waals surface area contributed by atoms with Crippen LogP contribution in [0.1, 0.15) is 18.6 Å². The highest BCUT2D eigenvalue weighted by Gasteiger charge is 2.19. The molecule has 0 bridgehead atoms. The highest BCUT2D eigenvalue weighted by Crippen LogP contribution is 2.01. The lowest BCUT2D eigenvalue weighted by Crippen LogP contribution is -2.30. The van der Waals surface area contributed by atoms with Gasteiger partial charge in [0.05, 0.1) is 6.54 Å². The number of hydrogen-bond donors (Lipinski definition) is 1. The van der Waals surface area contributed by atoms with Gasteiger partial charge in [-0.05, 0) is 20.8 Å². The van der Waals surface area contributed by atoms with Gasteiger partial charge in [-0.2, -0.15) is 5.10 Å². The molecule has 6 heteroatoms. The quantitative estimate of drug-likeness (QED) is 0.765. The van der Waals surface area contributed by atoms with E-state index in [0.717, 1.165) is 0 Å². The molecular weight excluding hydrogens is 198 g/mol. The Hall–Kier alpha value is -1.43. The van der Waals surface area contributed by atoms with Gasteiger partial charge in [-0.25, -0.2) is 14.5 Å². The maximum absolute atomic E-state index is 10.8. The summed E-state index contributed by atoms with van der Waals surface area (Å²) in [5.41, 5.74) is 0. The number of rotatable bonds is 5. The maximum atomic E-state index is 10.8. The molecular formula is C9H15N3O3. The molecule has 1 aromatic heterocycles. The summed E-state index contributed by atoms with van der Waals surface area (Å²) in [5, 5.41) is 13.0. The SMILES string of the molecule is CCOC(Cn1nc(C)nc1C)C(=O)O. The van der Waals surface area contributed by atoms with Gasteiger partial charge in [0.2, 0.25) is 0 Å². The molecule has 15 heavy (non-hydrogen) atoms. The third kappa shape index (κ3) is 3.02. The minimum absolute atomic E-state index is 0.190. The van der Waals surface area contributed by atoms with E-state index in [1.165, 1.54) is 0 Å². The summed E-state index contributed by atoms with van der Waals surface area (Å²) in [5.74, 6) is 0.344. The molecule has 0 saturated heterocycles. The summed E-state index contributed by atoms with van der Waals surface area (Å²) >= 11 is 0. The summed E-state index contributed by atoms with van der Waals surface area (Å²) < 4.78 is 6.63. The predicted molar refractivity (Wildman–Crippen MR) is 52.5 cm³/mol. The molecule has 84 valence electrons. The molecule has 0 aromatic carbocycles. The first-order valence-corrected chi connectivity index (χ1v) is 4.77. The Morgan fingerprint density at radius 3 is 2.67 bits per heavy atom. The number of ether oxygens (including phenoxy) is 1. The number of aryl methyl sites for hydroxylation is 2. The van der Waals surface area contributed by atoms with Gasteiger partial charge in [0.25, 0.3) is 0 Å². The molecule has 1 rings (SSSR count). The number of carboxylic acid groups (broad SMARTS) is 1. The molecule has 0 spiro atoms. The van der Waals surface area contributed by atoms with Crippen LogP contribution in [0.25, 0.3) is 0 Å². The zero-order valence-electron chi connectivity index (χ0n) is 9.10. The Kier molecular flexibility index (Phi) is 3.79. The molecule has 0 radical (unpaired) electrons. The van der Waals surface area contributed by atoms with Gasteiger partial charge in [0.1, 0.15) is 11.6 Å². The predicted octanol–water partition coefficient (Wildman–Crippen LogP) is 0.385. The lowest BCUT2D eigenvalue weighted by atomic mass is 10.3. The first kappa shape index (κ1) is 11.6. The molecule has 1 unspecified atom stereocenters. The first-order chi connectivity index (χ1) is 7.04. The van der Waals surface area contributed by atoms with Crippen molar-refractivity contribution in [2.75, 3.05) is 6.61 Å². The number of carboxylic acids is 1. The number of aromatic nitrogens is 3. The summed E-state index contributed by atoms with van der Waals surface area (Å²) in [6.45, 7) is 5.86. The van der Waals surface area contributed by atoms with Crippen LogP contribution in [0.3, 0.4) is 0 Å². The van der Waals surface area contributed by atoms with Gasteiger partial charge in [-0.3, -0.25) is 0 Å². The standard InChI is InChI=1S/C9H15N3O3/c1-4-15-8(9(13)14)5-12-7(3)10-6(2)11-12/h8H,4-5H2,1-3H3,(H,13,14). The normalized spacial score (nSPS) is 12.7. The van der Waals surface area contributed by atoms with E-state index >= 15 is 0 Å². The minimum Gasteiger partial charge on any atom is -0.479 e. The van der Waals surface area contributed by atoms with Gasteiger partial charge < -0.3 is 9.84 Å². The molecule has 0 aliphatic rings. The Bertz CT molecular complexity index is 348. The highest BCUT2D eigenvalue weighted by molar-refractivity contribution is 5.72. The topological polar surface area (TPSA) is 77.2 Å². The van der Waals surface area contributed by atoms with Gasteiger partial charge in [0, 0.05) is 6.61 Å². The van der Waals surface area contributed by atoms with Crippen molar-refractivity contribution in [1.29, 1.82) is 0 Å². The van der Waals surface area contributed by atoms with E-state index in [0.29, 0.717) is 18.3 Å². The summed E-state index contributed by atoms with van der Waals surface area (Å²) in [7, 11) is 0. The zero-order valence-corrected chi connectivity index (χ0v) is 9.10. The summed E-state index contributed by atoms with van der Waals surface area (Å²) in [6.07, 6.45) is -0.866. The number of hydrogen-bond acceptors (Lipinski definition) is 4. The molecule has 1 heterocycles. The Morgan fingerprint density at radius 2 is 2.27 bits per heavy atom. The molecule has 0 aliphatic heterocycles. The second-order valence-corrected chi connectivity index (χ2v) is 3.17. The monoisotopic (exact) mass is 213 g/mol. The van der Waals surface area contributed by atoms with Gasteiger partial charge >= 0.3 is 5.97 Å². The van der Waals surface area contributed by atoms with Crippen LogP contribution < -0.4 is 0 Å². The molecule has 1 atom stereocenters. The lowest BCUT2D eigenvalue weighted by molar-refractivity contribution is -0.151. The average molecular weight is 213 g/mol. The molecule has 0 amide bonds. The molecule has 0 fully saturated rings. The van der Waals surface area contributed by atoms with Crippen LogP contribution in [0.2, 0.25) is 0 Å². The fraction of sp³-hybridized carbons (Fsp3) is 0.667. The summed E-state index contributed by atoms with van der Waals surface area (Å²) in [4.78, 5) is 14.9. The van der Waals surface area contributed by atoms with Crippen molar-refractivity contribution in [2.45, 2.75) is 33.4 Å². The van der Waals surface area contributed by atoms with Crippen molar-refractivity contribution < 1.29 is 14.6 Å². The van der Waals surface area contributed by atoms with Crippen molar-refractivity contribution in [3.8, 4) is 0 Å². The maximum Gasteiger partial charge on any atom is 0.334 e. The fourth-order valence-electron chi connectivity index (χ4n) is 1.29. The van der Waals surface area contributed by atoms with Crippen LogP contribution >= 0.6 is 0 Å². The van der Waals surface area contributed by atoms with Gasteiger partial charge in [0.15, 0.2) is 6.10 Å². The second-order valence-electron chi connectivity index (χ2n) is 3.17. The lowest BCUT2D eigenvalue weighted by Gasteiger charge is -2.12. The van der Waals surface area contributed by atoms with Crippen LogP contribution in [-0.2, 0) is 16.1 Å². The van der Waals surface area contributed by atoms with E-state index in [2.05, 4.69) is 10.1 Å². The van der Waals surface area contributed by atoms with Crippen LogP contribution in [0.4, 0.5) is 0 Å². The van der Waals surface area contributed by atoms with Crippen LogP contribution in [0.5, 0.6) is 0 Å². The molecule has 1 N–H and O–H groups in total. The zero-order chi connectivity index (χ0) is 11.4. The summed E-state index contributed by atoms with van der Waals surface area (Å²) in [6, 6.07) is 0. The Balaban J connectivity index is 2.73. The van der Waals surface area contributed by atoms with Crippen molar-refractivity contribution in [3.05, 3.63) is 11.6 Å². The van der Waals surface area contributed by atoms with Crippen molar-refractivity contribution in [1.82, 2.24) is 14.8 Å². The molecule has 1 aromatic rings. The Morgan fingerprint density at radius 1 is 1.60 bits per heavy atom. The smallest absolute Gasteiger partial charge is 0.334 e. The van der Waals surface area contributed by atoms with E-state index in [9.17, 15) is 4.79 Å². The van der Waals surface area contributed by atoms with Crippen LogP contribution in [0, 0.1) is 13.8 Å². The van der Waals surface area contributed by atoms with Gasteiger partial charge in [-0.15, -0.1) is 0 Å². The first-order valence-electron chi connectivity index (χ1n) is 4.77. The largest absolute Gasteiger partial charge is 0.479 e. The number of nitrogens with zero attached hydrogens (tertiary/aromatic N) is 3. The van der Waals surface area contributed by atoms with E-state index in [4.69, 9.17) is 9.84 Å². The molecule has 0 saturated carbocycles. The fourth-order valence-corrected chi connectivity index (χ4v) is 1.29. The second kappa shape index (κ2) is 4.88. The third-order valence-corrected chi connectivity index (χ3v) is 1.94. The van der Waals surface area contributed by atoms with Crippen LogP contribution in [-0.4, -0.2) is 38.6 Å². The van der Waals surface area contributed by atoms with Crippen molar-refractivity contribution in [3.63, 3.8) is 0 Å². The minimum atomic E-state index is -0.982. The van der Waals surface area contributed by atoms with E-state index in [1.54, 1.807) is 25.5 Å². The van der Waals surface area contributed by atoms with E-state index in [-0.39, 0.29) is 6.54 Å². The van der Waals surface area contributed by atoms with E-state index in [1.807, 2.05) is 0 Å². The average Bonchev–Trinajstić information content (AvgIpc) is 2.44.